The number of benzene rings is 2. The Balaban J connectivity index is 2.51. The van der Waals surface area contributed by atoms with E-state index in [1.807, 2.05) is 38.1 Å². The van der Waals surface area contributed by atoms with Crippen LogP contribution in [0.5, 0.6) is 0 Å². The minimum absolute atomic E-state index is 0.268. The fourth-order valence-electron chi connectivity index (χ4n) is 3.76. The fourth-order valence-corrected chi connectivity index (χ4v) is 3.87. The maximum atomic E-state index is 13.1. The lowest BCUT2D eigenvalue weighted by Gasteiger charge is -2.28. The zero-order valence-corrected chi connectivity index (χ0v) is 18.8. The number of aromatic nitrogens is 1. The molecule has 0 aliphatic rings. The van der Waals surface area contributed by atoms with Crippen LogP contribution in [0.25, 0.3) is 21.9 Å². The van der Waals surface area contributed by atoms with Crippen LogP contribution < -0.4 is 5.56 Å². The van der Waals surface area contributed by atoms with Gasteiger partial charge in [-0.25, -0.2) is 4.79 Å². The molecular weight excluding hydrogens is 402 g/mol. The molecule has 3 rings (SSSR count). The van der Waals surface area contributed by atoms with Crippen molar-refractivity contribution < 1.29 is 14.6 Å². The summed E-state index contributed by atoms with van der Waals surface area (Å²) in [6.07, 6.45) is -1.32. The first-order chi connectivity index (χ1) is 13.9. The Morgan fingerprint density at radius 3 is 2.13 bits per heavy atom. The lowest BCUT2D eigenvalue weighted by atomic mass is 9.92. The molecule has 158 valence electrons. The molecule has 0 saturated heterocycles. The van der Waals surface area contributed by atoms with Crippen molar-refractivity contribution in [2.75, 3.05) is 0 Å². The summed E-state index contributed by atoms with van der Waals surface area (Å²) in [6.45, 7) is 9.18. The highest BCUT2D eigenvalue weighted by Crippen LogP contribution is 2.38. The zero-order chi connectivity index (χ0) is 22.4. The summed E-state index contributed by atoms with van der Waals surface area (Å²) in [6, 6.07) is 11.1. The van der Waals surface area contributed by atoms with Crippen LogP contribution >= 0.6 is 11.6 Å². The molecule has 1 atom stereocenters. The molecule has 1 N–H and O–H groups in total. The Morgan fingerprint density at radius 1 is 1.10 bits per heavy atom. The van der Waals surface area contributed by atoms with Gasteiger partial charge in [0, 0.05) is 23.0 Å². The molecule has 0 spiro atoms. The summed E-state index contributed by atoms with van der Waals surface area (Å²) < 4.78 is 7.32. The van der Waals surface area contributed by atoms with E-state index in [4.69, 9.17) is 16.3 Å². The van der Waals surface area contributed by atoms with Gasteiger partial charge in [-0.15, -0.1) is 0 Å². The molecule has 0 radical (unpaired) electrons. The van der Waals surface area contributed by atoms with Crippen LogP contribution in [0.15, 0.2) is 41.2 Å². The number of hydrogen-bond acceptors (Lipinski definition) is 3. The maximum Gasteiger partial charge on any atom is 0.339 e. The molecule has 2 aromatic carbocycles. The number of carboxylic acid groups (broad SMARTS) is 1. The third kappa shape index (κ3) is 4.00. The molecule has 6 heteroatoms. The highest BCUT2D eigenvalue weighted by atomic mass is 35.5. The molecule has 5 nitrogen and oxygen atoms in total. The third-order valence-electron chi connectivity index (χ3n) is 5.02. The lowest BCUT2D eigenvalue weighted by molar-refractivity contribution is -0.161. The molecule has 1 unspecified atom stereocenters. The van der Waals surface area contributed by atoms with Crippen LogP contribution in [0.1, 0.15) is 43.7 Å². The highest BCUT2D eigenvalue weighted by molar-refractivity contribution is 6.32. The molecule has 0 fully saturated rings. The van der Waals surface area contributed by atoms with Crippen molar-refractivity contribution in [2.45, 2.75) is 46.3 Å². The van der Waals surface area contributed by atoms with Crippen LogP contribution in [0, 0.1) is 13.8 Å². The first kappa shape index (κ1) is 22.1. The molecule has 30 heavy (non-hydrogen) atoms. The minimum Gasteiger partial charge on any atom is -0.479 e. The average molecular weight is 428 g/mol. The van der Waals surface area contributed by atoms with E-state index in [1.165, 1.54) is 4.57 Å². The van der Waals surface area contributed by atoms with E-state index in [2.05, 4.69) is 0 Å². The van der Waals surface area contributed by atoms with E-state index in [0.29, 0.717) is 27.1 Å². The molecule has 1 heterocycles. The first-order valence-electron chi connectivity index (χ1n) is 9.71. The number of carboxylic acids is 1. The van der Waals surface area contributed by atoms with Gasteiger partial charge in [0.25, 0.3) is 5.56 Å². The number of ether oxygens (including phenoxy) is 1. The predicted molar refractivity (Wildman–Crippen MR) is 120 cm³/mol. The molecule has 0 saturated carbocycles. The second-order valence-electron chi connectivity index (χ2n) is 8.54. The molecule has 0 aliphatic heterocycles. The molecular formula is C24H26ClNO4. The van der Waals surface area contributed by atoms with Crippen LogP contribution in [0.3, 0.4) is 0 Å². The SMILES string of the molecule is Cc1cc(-c2c(C(OC(C)(C)C)C(=O)O)n(C)c(=O)c3ccccc23)cc(C)c1Cl. The van der Waals surface area contributed by atoms with Crippen LogP contribution in [-0.2, 0) is 16.6 Å². The highest BCUT2D eigenvalue weighted by Gasteiger charge is 2.33. The van der Waals surface area contributed by atoms with E-state index in [-0.39, 0.29) is 5.56 Å². The molecule has 0 bridgehead atoms. The Kier molecular flexibility index (Phi) is 5.81. The third-order valence-corrected chi connectivity index (χ3v) is 5.61. The van der Waals surface area contributed by atoms with Crippen LogP contribution in [0.4, 0.5) is 0 Å². The van der Waals surface area contributed by atoms with Crippen molar-refractivity contribution in [3.63, 3.8) is 0 Å². The molecule has 1 aromatic heterocycles. The summed E-state index contributed by atoms with van der Waals surface area (Å²) in [7, 11) is 1.59. The van der Waals surface area contributed by atoms with E-state index >= 15 is 0 Å². The number of aliphatic carboxylic acids is 1. The Labute approximate surface area is 180 Å². The number of aryl methyl sites for hydroxylation is 2. The summed E-state index contributed by atoms with van der Waals surface area (Å²) >= 11 is 6.38. The van der Waals surface area contributed by atoms with Gasteiger partial charge < -0.3 is 14.4 Å². The summed E-state index contributed by atoms with van der Waals surface area (Å²) in [4.78, 5) is 25.4. The first-order valence-corrected chi connectivity index (χ1v) is 10.1. The van der Waals surface area contributed by atoms with Gasteiger partial charge >= 0.3 is 5.97 Å². The second kappa shape index (κ2) is 7.89. The van der Waals surface area contributed by atoms with Gasteiger partial charge in [-0.05, 0) is 74.9 Å². The van der Waals surface area contributed by atoms with E-state index in [1.54, 1.807) is 40.0 Å². The van der Waals surface area contributed by atoms with Gasteiger partial charge in [-0.3, -0.25) is 4.79 Å². The van der Waals surface area contributed by atoms with Gasteiger partial charge in [0.2, 0.25) is 0 Å². The Hall–Kier alpha value is -2.63. The van der Waals surface area contributed by atoms with Gasteiger partial charge in [-0.1, -0.05) is 29.8 Å². The molecule has 0 aliphatic carbocycles. The van der Waals surface area contributed by atoms with Gasteiger partial charge in [-0.2, -0.15) is 0 Å². The summed E-state index contributed by atoms with van der Waals surface area (Å²) in [5.74, 6) is -1.15. The van der Waals surface area contributed by atoms with Gasteiger partial charge in [0.05, 0.1) is 11.3 Å². The monoisotopic (exact) mass is 427 g/mol. The van der Waals surface area contributed by atoms with Crippen molar-refractivity contribution in [3.05, 3.63) is 68.6 Å². The van der Waals surface area contributed by atoms with E-state index in [0.717, 1.165) is 16.7 Å². The van der Waals surface area contributed by atoms with Crippen molar-refractivity contribution in [1.82, 2.24) is 4.57 Å². The predicted octanol–water partition coefficient (Wildman–Crippen LogP) is 5.42. The minimum atomic E-state index is -1.32. The smallest absolute Gasteiger partial charge is 0.339 e. The van der Waals surface area contributed by atoms with E-state index < -0.39 is 17.7 Å². The number of halogens is 1. The van der Waals surface area contributed by atoms with Gasteiger partial charge in [0.15, 0.2) is 6.10 Å². The number of rotatable bonds is 4. The summed E-state index contributed by atoms with van der Waals surface area (Å²) in [5, 5.41) is 11.9. The normalized spacial score (nSPS) is 12.9. The van der Waals surface area contributed by atoms with Crippen LogP contribution in [0.2, 0.25) is 5.02 Å². The van der Waals surface area contributed by atoms with Crippen molar-refractivity contribution >= 4 is 28.3 Å². The quantitative estimate of drug-likeness (QED) is 0.603. The number of hydrogen-bond donors (Lipinski definition) is 1. The average Bonchev–Trinajstić information content (AvgIpc) is 2.66. The largest absolute Gasteiger partial charge is 0.479 e. The Bertz CT molecular complexity index is 1180. The fraction of sp³-hybridized carbons (Fsp3) is 0.333. The summed E-state index contributed by atoms with van der Waals surface area (Å²) in [5.41, 5.74) is 2.51. The van der Waals surface area contributed by atoms with Crippen LogP contribution in [-0.4, -0.2) is 21.2 Å². The number of pyridine rings is 1. The maximum absolute atomic E-state index is 13.1. The Morgan fingerprint density at radius 2 is 1.63 bits per heavy atom. The van der Waals surface area contributed by atoms with Gasteiger partial charge in [0.1, 0.15) is 0 Å². The number of carbonyl (C=O) groups is 1. The number of fused-ring (bicyclic) bond motifs is 1. The molecule has 0 amide bonds. The molecule has 3 aromatic rings. The second-order valence-corrected chi connectivity index (χ2v) is 8.92. The van der Waals surface area contributed by atoms with Crippen molar-refractivity contribution in [3.8, 4) is 11.1 Å². The van der Waals surface area contributed by atoms with E-state index in [9.17, 15) is 14.7 Å². The van der Waals surface area contributed by atoms with Crippen molar-refractivity contribution in [2.24, 2.45) is 7.05 Å². The topological polar surface area (TPSA) is 68.5 Å². The zero-order valence-electron chi connectivity index (χ0n) is 18.0. The lowest BCUT2D eigenvalue weighted by Crippen LogP contribution is -2.32. The number of nitrogens with zero attached hydrogens (tertiary/aromatic N) is 1. The standard InChI is InChI=1S/C24H26ClNO4/c1-13-11-15(12-14(2)19(13)25)18-16-9-7-8-10-17(16)22(27)26(6)20(18)21(23(28)29)30-24(3,4)5/h7-12,21H,1-6H3,(H,28,29). The van der Waals surface area contributed by atoms with Crippen molar-refractivity contribution in [1.29, 1.82) is 0 Å².